The van der Waals surface area contributed by atoms with Crippen molar-refractivity contribution in [3.63, 3.8) is 0 Å². The van der Waals surface area contributed by atoms with E-state index in [1.807, 2.05) is 60.7 Å². The van der Waals surface area contributed by atoms with Gasteiger partial charge in [-0.15, -0.1) is 0 Å². The summed E-state index contributed by atoms with van der Waals surface area (Å²) in [7, 11) is 0. The number of rotatable bonds is 6. The Morgan fingerprint density at radius 3 is 2.42 bits per heavy atom. The van der Waals surface area contributed by atoms with Gasteiger partial charge in [-0.1, -0.05) is 68.3 Å². The van der Waals surface area contributed by atoms with Gasteiger partial charge in [0.15, 0.2) is 12.3 Å². The molecule has 0 spiro atoms. The Morgan fingerprint density at radius 1 is 1.03 bits per heavy atom. The van der Waals surface area contributed by atoms with Gasteiger partial charge < -0.3 is 10.1 Å². The highest BCUT2D eigenvalue weighted by Gasteiger charge is 2.24. The summed E-state index contributed by atoms with van der Waals surface area (Å²) in [6, 6.07) is 20.9. The molecule has 1 aliphatic carbocycles. The normalized spacial score (nSPS) is 18.4. The van der Waals surface area contributed by atoms with Crippen molar-refractivity contribution in [2.75, 3.05) is 6.61 Å². The molecule has 0 radical (unpaired) electrons. The van der Waals surface area contributed by atoms with Gasteiger partial charge in [0.2, 0.25) is 0 Å². The molecule has 1 amide bonds. The summed E-state index contributed by atoms with van der Waals surface area (Å²) in [6.07, 6.45) is 4.41. The van der Waals surface area contributed by atoms with E-state index in [0.29, 0.717) is 11.6 Å². The lowest BCUT2D eigenvalue weighted by molar-refractivity contribution is -0.125. The number of hydrogen-bond acceptors (Lipinski definition) is 4. The van der Waals surface area contributed by atoms with Gasteiger partial charge in [0.25, 0.3) is 5.91 Å². The average Bonchev–Trinajstić information content (AvgIpc) is 3.26. The van der Waals surface area contributed by atoms with Gasteiger partial charge >= 0.3 is 5.97 Å². The number of para-hydroxylation sites is 1. The van der Waals surface area contributed by atoms with Crippen LogP contribution in [0.5, 0.6) is 0 Å². The van der Waals surface area contributed by atoms with Crippen molar-refractivity contribution >= 4 is 11.9 Å². The fraction of sp³-hybridized carbons (Fsp3) is 0.320. The molecule has 0 bridgehead atoms. The molecule has 3 aromatic rings. The van der Waals surface area contributed by atoms with E-state index in [2.05, 4.69) is 17.3 Å². The lowest BCUT2D eigenvalue weighted by Gasteiger charge is -2.29. The molecular formula is C25H27N3O3. The highest BCUT2D eigenvalue weighted by molar-refractivity contribution is 5.91. The predicted molar refractivity (Wildman–Crippen MR) is 119 cm³/mol. The van der Waals surface area contributed by atoms with Crippen LogP contribution in [0.2, 0.25) is 0 Å². The number of hydrogen-bond donors (Lipinski definition) is 1. The molecule has 6 nitrogen and oxygen atoms in total. The first-order valence-electron chi connectivity index (χ1n) is 10.8. The number of benzene rings is 2. The van der Waals surface area contributed by atoms with Crippen LogP contribution in [0.15, 0.2) is 66.7 Å². The molecule has 31 heavy (non-hydrogen) atoms. The molecular weight excluding hydrogens is 390 g/mol. The second-order valence-electron chi connectivity index (χ2n) is 8.04. The fourth-order valence-corrected chi connectivity index (χ4v) is 4.03. The topological polar surface area (TPSA) is 73.2 Å². The number of esters is 1. The molecule has 1 saturated carbocycles. The van der Waals surface area contributed by atoms with E-state index in [1.165, 1.54) is 6.42 Å². The number of nitrogens with zero attached hydrogens (tertiary/aromatic N) is 2. The van der Waals surface area contributed by atoms with Crippen LogP contribution in [-0.4, -0.2) is 34.3 Å². The van der Waals surface area contributed by atoms with Crippen LogP contribution in [0.3, 0.4) is 0 Å². The Hall–Kier alpha value is -3.41. The van der Waals surface area contributed by atoms with Gasteiger partial charge in [-0.2, -0.15) is 5.10 Å². The van der Waals surface area contributed by atoms with E-state index < -0.39 is 5.97 Å². The molecule has 0 unspecified atom stereocenters. The van der Waals surface area contributed by atoms with Crippen molar-refractivity contribution in [3.05, 3.63) is 72.4 Å². The van der Waals surface area contributed by atoms with E-state index in [1.54, 1.807) is 10.7 Å². The summed E-state index contributed by atoms with van der Waals surface area (Å²) in [6.45, 7) is 1.85. The van der Waals surface area contributed by atoms with Crippen LogP contribution in [0, 0.1) is 5.92 Å². The van der Waals surface area contributed by atoms with Crippen molar-refractivity contribution in [1.29, 1.82) is 0 Å². The Bertz CT molecular complexity index is 1030. The minimum atomic E-state index is -0.578. The van der Waals surface area contributed by atoms with E-state index in [0.717, 1.165) is 30.5 Å². The van der Waals surface area contributed by atoms with Gasteiger partial charge in [-0.25, -0.2) is 9.48 Å². The Balaban J connectivity index is 1.50. The number of ether oxygens (including phenoxy) is 1. The molecule has 1 heterocycles. The fourth-order valence-electron chi connectivity index (χ4n) is 4.03. The molecule has 0 saturated heterocycles. The van der Waals surface area contributed by atoms with Gasteiger partial charge in [-0.3, -0.25) is 4.79 Å². The summed E-state index contributed by atoms with van der Waals surface area (Å²) in [5.41, 5.74) is 2.59. The van der Waals surface area contributed by atoms with Crippen molar-refractivity contribution in [1.82, 2.24) is 15.1 Å². The molecule has 2 aromatic carbocycles. The quantitative estimate of drug-likeness (QED) is 0.604. The highest BCUT2D eigenvalue weighted by atomic mass is 16.5. The zero-order chi connectivity index (χ0) is 21.6. The maximum Gasteiger partial charge on any atom is 0.357 e. The highest BCUT2D eigenvalue weighted by Crippen LogP contribution is 2.24. The minimum Gasteiger partial charge on any atom is -0.451 e. The molecule has 2 atom stereocenters. The van der Waals surface area contributed by atoms with Gasteiger partial charge in [0.05, 0.1) is 11.4 Å². The van der Waals surface area contributed by atoms with Crippen molar-refractivity contribution in [2.24, 2.45) is 5.92 Å². The van der Waals surface area contributed by atoms with E-state index >= 15 is 0 Å². The minimum absolute atomic E-state index is 0.152. The maximum atomic E-state index is 12.9. The molecule has 0 aliphatic heterocycles. The Kier molecular flexibility index (Phi) is 6.46. The SMILES string of the molecule is C[C@H]1CCCC[C@H]1NC(=O)COC(=O)c1cc(-c2ccccc2)nn1-c1ccccc1. The first-order valence-corrected chi connectivity index (χ1v) is 10.8. The third-order valence-corrected chi connectivity index (χ3v) is 5.78. The molecule has 160 valence electrons. The van der Waals surface area contributed by atoms with Crippen LogP contribution in [0.4, 0.5) is 0 Å². The standard InChI is InChI=1S/C25H27N3O3/c1-18-10-8-9-15-21(18)26-24(29)17-31-25(30)23-16-22(19-11-4-2-5-12-19)27-28(23)20-13-6-3-7-14-20/h2-7,11-14,16,18,21H,8-10,15,17H2,1H3,(H,26,29)/t18-,21+/m0/s1. The van der Waals surface area contributed by atoms with Crippen LogP contribution >= 0.6 is 0 Å². The summed E-state index contributed by atoms with van der Waals surface area (Å²) < 4.78 is 6.93. The second-order valence-corrected chi connectivity index (χ2v) is 8.04. The summed E-state index contributed by atoms with van der Waals surface area (Å²) in [4.78, 5) is 25.2. The molecule has 4 rings (SSSR count). The smallest absolute Gasteiger partial charge is 0.357 e. The maximum absolute atomic E-state index is 12.9. The monoisotopic (exact) mass is 417 g/mol. The average molecular weight is 418 g/mol. The van der Waals surface area contributed by atoms with E-state index in [4.69, 9.17) is 4.74 Å². The van der Waals surface area contributed by atoms with Crippen molar-refractivity contribution in [2.45, 2.75) is 38.6 Å². The number of aromatic nitrogens is 2. The predicted octanol–water partition coefficient (Wildman–Crippen LogP) is 4.39. The molecule has 6 heteroatoms. The third-order valence-electron chi connectivity index (χ3n) is 5.78. The Labute approximate surface area is 182 Å². The summed E-state index contributed by atoms with van der Waals surface area (Å²) in [5.74, 6) is -0.395. The summed E-state index contributed by atoms with van der Waals surface area (Å²) >= 11 is 0. The van der Waals surface area contributed by atoms with Gasteiger partial charge in [0, 0.05) is 11.6 Å². The van der Waals surface area contributed by atoms with Crippen LogP contribution in [-0.2, 0) is 9.53 Å². The van der Waals surface area contributed by atoms with Crippen LogP contribution < -0.4 is 5.32 Å². The largest absolute Gasteiger partial charge is 0.451 e. The van der Waals surface area contributed by atoms with E-state index in [9.17, 15) is 9.59 Å². The Morgan fingerprint density at radius 2 is 1.71 bits per heavy atom. The molecule has 1 aliphatic rings. The van der Waals surface area contributed by atoms with Crippen molar-refractivity contribution < 1.29 is 14.3 Å². The lowest BCUT2D eigenvalue weighted by Crippen LogP contribution is -2.42. The molecule has 1 fully saturated rings. The first kappa shape index (κ1) is 20.8. The van der Waals surface area contributed by atoms with E-state index in [-0.39, 0.29) is 24.2 Å². The van der Waals surface area contributed by atoms with Crippen LogP contribution in [0.1, 0.15) is 43.1 Å². The van der Waals surface area contributed by atoms with Gasteiger partial charge in [0.1, 0.15) is 0 Å². The lowest BCUT2D eigenvalue weighted by atomic mass is 9.86. The first-order chi connectivity index (χ1) is 15.1. The number of nitrogens with one attached hydrogen (secondary N) is 1. The molecule has 1 N–H and O–H groups in total. The summed E-state index contributed by atoms with van der Waals surface area (Å²) in [5, 5.41) is 7.63. The molecule has 1 aromatic heterocycles. The third kappa shape index (κ3) is 5.02. The van der Waals surface area contributed by atoms with Crippen molar-refractivity contribution in [3.8, 4) is 16.9 Å². The number of amides is 1. The zero-order valence-electron chi connectivity index (χ0n) is 17.7. The van der Waals surface area contributed by atoms with Gasteiger partial charge in [-0.05, 0) is 37.0 Å². The number of carbonyl (C=O) groups is 2. The van der Waals surface area contributed by atoms with Crippen LogP contribution in [0.25, 0.3) is 16.9 Å². The second kappa shape index (κ2) is 9.60. The zero-order valence-corrected chi connectivity index (χ0v) is 17.7. The number of carbonyl (C=O) groups excluding carboxylic acids is 2.